The van der Waals surface area contributed by atoms with Crippen molar-refractivity contribution in [1.82, 2.24) is 0 Å². The maximum Gasteiger partial charge on any atom is 0.276 e. The van der Waals surface area contributed by atoms with Crippen LogP contribution in [0.25, 0.3) is 0 Å². The summed E-state index contributed by atoms with van der Waals surface area (Å²) < 4.78 is 5.77. The van der Waals surface area contributed by atoms with Gasteiger partial charge in [0.25, 0.3) is 5.69 Å². The Morgan fingerprint density at radius 3 is 2.67 bits per heavy atom. The molecule has 0 unspecified atom stereocenters. The molecule has 0 saturated heterocycles. The van der Waals surface area contributed by atoms with Crippen molar-refractivity contribution < 1.29 is 9.66 Å². The number of nitro benzene ring substituents is 1. The molecule has 0 aromatic heterocycles. The van der Waals surface area contributed by atoms with E-state index in [1.807, 2.05) is 32.0 Å². The number of nitro groups is 1. The first-order valence-corrected chi connectivity index (χ1v) is 6.70. The Hall–Kier alpha value is -2.40. The highest BCUT2D eigenvalue weighted by molar-refractivity contribution is 5.42. The highest BCUT2D eigenvalue weighted by Crippen LogP contribution is 2.27. The molecule has 0 bridgehead atoms. The number of nitrogens with two attached hydrogens (primary N) is 1. The molecule has 0 saturated carbocycles. The molecule has 21 heavy (non-hydrogen) atoms. The van der Waals surface area contributed by atoms with Crippen LogP contribution in [0.1, 0.15) is 29.7 Å². The molecule has 5 nitrogen and oxygen atoms in total. The Balaban J connectivity index is 2.24. The Labute approximate surface area is 123 Å². The second kappa shape index (κ2) is 6.37. The predicted molar refractivity (Wildman–Crippen MR) is 81.2 cm³/mol. The normalized spacial score (nSPS) is 12.0. The van der Waals surface area contributed by atoms with Crippen molar-refractivity contribution in [3.63, 3.8) is 0 Å². The van der Waals surface area contributed by atoms with Crippen molar-refractivity contribution in [3.8, 4) is 5.75 Å². The lowest BCUT2D eigenvalue weighted by atomic mass is 10.1. The van der Waals surface area contributed by atoms with Gasteiger partial charge in [0, 0.05) is 17.7 Å². The minimum atomic E-state index is -0.401. The molecule has 0 aliphatic heterocycles. The molecule has 0 amide bonds. The van der Waals surface area contributed by atoms with Gasteiger partial charge in [0.1, 0.15) is 12.4 Å². The van der Waals surface area contributed by atoms with E-state index >= 15 is 0 Å². The number of ether oxygens (including phenoxy) is 1. The molecule has 110 valence electrons. The number of nitrogens with zero attached hydrogens (tertiary/aromatic N) is 1. The molecule has 2 aromatic carbocycles. The molecule has 0 radical (unpaired) electrons. The number of aryl methyl sites for hydroxylation is 1. The second-order valence-electron chi connectivity index (χ2n) is 5.00. The number of rotatable bonds is 5. The Bertz CT molecular complexity index is 654. The average molecular weight is 286 g/mol. The van der Waals surface area contributed by atoms with Crippen LogP contribution in [0.15, 0.2) is 42.5 Å². The summed E-state index contributed by atoms with van der Waals surface area (Å²) in [4.78, 5) is 10.6. The lowest BCUT2D eigenvalue weighted by Crippen LogP contribution is -2.09. The van der Waals surface area contributed by atoms with Gasteiger partial charge < -0.3 is 10.5 Å². The minimum absolute atomic E-state index is 0.0625. The molecular weight excluding hydrogens is 268 g/mol. The molecule has 5 heteroatoms. The van der Waals surface area contributed by atoms with Gasteiger partial charge in [0.05, 0.1) is 10.5 Å². The van der Waals surface area contributed by atoms with E-state index in [2.05, 4.69) is 0 Å². The molecule has 2 rings (SSSR count). The average Bonchev–Trinajstić information content (AvgIpc) is 2.45. The third kappa shape index (κ3) is 3.58. The van der Waals surface area contributed by atoms with Gasteiger partial charge in [-0.2, -0.15) is 0 Å². The molecule has 0 aliphatic carbocycles. The van der Waals surface area contributed by atoms with Crippen LogP contribution in [0, 0.1) is 17.0 Å². The van der Waals surface area contributed by atoms with Crippen LogP contribution >= 0.6 is 0 Å². The van der Waals surface area contributed by atoms with Crippen molar-refractivity contribution in [2.24, 2.45) is 5.73 Å². The summed E-state index contributed by atoms with van der Waals surface area (Å²) in [6.45, 7) is 3.98. The van der Waals surface area contributed by atoms with Gasteiger partial charge in [-0.1, -0.05) is 24.3 Å². The van der Waals surface area contributed by atoms with Crippen LogP contribution in [-0.4, -0.2) is 4.92 Å². The summed E-state index contributed by atoms with van der Waals surface area (Å²) in [6, 6.07) is 12.2. The topological polar surface area (TPSA) is 78.4 Å². The zero-order valence-corrected chi connectivity index (χ0v) is 12.1. The van der Waals surface area contributed by atoms with E-state index in [0.717, 1.165) is 11.1 Å². The molecule has 1 atom stereocenters. The number of benzene rings is 2. The monoisotopic (exact) mass is 286 g/mol. The van der Waals surface area contributed by atoms with Crippen LogP contribution in [-0.2, 0) is 6.61 Å². The van der Waals surface area contributed by atoms with Gasteiger partial charge in [-0.3, -0.25) is 10.1 Å². The summed E-state index contributed by atoms with van der Waals surface area (Å²) in [7, 11) is 0. The van der Waals surface area contributed by atoms with E-state index in [4.69, 9.17) is 10.5 Å². The van der Waals surface area contributed by atoms with Crippen LogP contribution in [0.5, 0.6) is 5.75 Å². The third-order valence-corrected chi connectivity index (χ3v) is 3.23. The highest BCUT2D eigenvalue weighted by Gasteiger charge is 2.14. The fourth-order valence-electron chi connectivity index (χ4n) is 2.11. The number of para-hydroxylation sites is 1. The van der Waals surface area contributed by atoms with Crippen LogP contribution in [0.4, 0.5) is 5.69 Å². The van der Waals surface area contributed by atoms with Crippen molar-refractivity contribution in [2.45, 2.75) is 26.5 Å². The van der Waals surface area contributed by atoms with Crippen molar-refractivity contribution in [1.29, 1.82) is 0 Å². The van der Waals surface area contributed by atoms with E-state index in [9.17, 15) is 10.1 Å². The zero-order valence-electron chi connectivity index (χ0n) is 12.1. The summed E-state index contributed by atoms with van der Waals surface area (Å²) in [6.07, 6.45) is 0. The molecular formula is C16H18N2O3. The Morgan fingerprint density at radius 2 is 2.00 bits per heavy atom. The lowest BCUT2D eigenvalue weighted by molar-refractivity contribution is -0.385. The van der Waals surface area contributed by atoms with Gasteiger partial charge in [-0.25, -0.2) is 0 Å². The third-order valence-electron chi connectivity index (χ3n) is 3.23. The maximum absolute atomic E-state index is 11.0. The quantitative estimate of drug-likeness (QED) is 0.674. The van der Waals surface area contributed by atoms with E-state index in [-0.39, 0.29) is 18.3 Å². The molecule has 0 spiro atoms. The standard InChI is InChI=1S/C16H18N2O3/c1-11-7-8-14(12(2)17)16(9-11)21-10-13-5-3-4-6-15(13)18(19)20/h3-9,12H,10,17H2,1-2H3/t12-/m0/s1. The maximum atomic E-state index is 11.0. The van der Waals surface area contributed by atoms with E-state index in [1.54, 1.807) is 18.2 Å². The van der Waals surface area contributed by atoms with Gasteiger partial charge in [-0.05, 0) is 31.5 Å². The number of hydrogen-bond donors (Lipinski definition) is 1. The molecule has 0 fully saturated rings. The van der Waals surface area contributed by atoms with Crippen molar-refractivity contribution in [3.05, 3.63) is 69.3 Å². The van der Waals surface area contributed by atoms with E-state index in [0.29, 0.717) is 11.3 Å². The largest absolute Gasteiger partial charge is 0.488 e. The van der Waals surface area contributed by atoms with Crippen LogP contribution in [0.2, 0.25) is 0 Å². The summed E-state index contributed by atoms with van der Waals surface area (Å²) in [5.74, 6) is 0.670. The summed E-state index contributed by atoms with van der Waals surface area (Å²) >= 11 is 0. The number of hydrogen-bond acceptors (Lipinski definition) is 4. The fourth-order valence-corrected chi connectivity index (χ4v) is 2.11. The lowest BCUT2D eigenvalue weighted by Gasteiger charge is -2.15. The first kappa shape index (κ1) is 15.0. The molecule has 2 N–H and O–H groups in total. The smallest absolute Gasteiger partial charge is 0.276 e. The van der Waals surface area contributed by atoms with E-state index in [1.165, 1.54) is 6.07 Å². The molecule has 2 aromatic rings. The van der Waals surface area contributed by atoms with Gasteiger partial charge in [0.15, 0.2) is 0 Å². The van der Waals surface area contributed by atoms with Crippen LogP contribution < -0.4 is 10.5 Å². The van der Waals surface area contributed by atoms with Gasteiger partial charge in [0.2, 0.25) is 0 Å². The fraction of sp³-hybridized carbons (Fsp3) is 0.250. The van der Waals surface area contributed by atoms with Gasteiger partial charge in [-0.15, -0.1) is 0 Å². The van der Waals surface area contributed by atoms with Crippen LogP contribution in [0.3, 0.4) is 0 Å². The molecule has 0 aliphatic rings. The minimum Gasteiger partial charge on any atom is -0.488 e. The highest BCUT2D eigenvalue weighted by atomic mass is 16.6. The zero-order chi connectivity index (χ0) is 15.4. The first-order chi connectivity index (χ1) is 9.99. The predicted octanol–water partition coefficient (Wildman–Crippen LogP) is 3.50. The first-order valence-electron chi connectivity index (χ1n) is 6.70. The van der Waals surface area contributed by atoms with Gasteiger partial charge >= 0.3 is 0 Å². The SMILES string of the molecule is Cc1ccc([C@H](C)N)c(OCc2ccccc2[N+](=O)[O-])c1. The van der Waals surface area contributed by atoms with Crippen molar-refractivity contribution >= 4 is 5.69 Å². The Morgan fingerprint density at radius 1 is 1.29 bits per heavy atom. The summed E-state index contributed by atoms with van der Waals surface area (Å²) in [5.41, 5.74) is 8.47. The van der Waals surface area contributed by atoms with Crippen molar-refractivity contribution in [2.75, 3.05) is 0 Å². The Kier molecular flexibility index (Phi) is 4.55. The summed E-state index contributed by atoms with van der Waals surface area (Å²) in [5, 5.41) is 11.0. The molecule has 0 heterocycles. The van der Waals surface area contributed by atoms with E-state index < -0.39 is 4.92 Å². The second-order valence-corrected chi connectivity index (χ2v) is 5.00.